The van der Waals surface area contributed by atoms with Crippen LogP contribution in [0.25, 0.3) is 0 Å². The minimum absolute atomic E-state index is 0.101. The number of hydrogen-bond donors (Lipinski definition) is 1. The summed E-state index contributed by atoms with van der Waals surface area (Å²) in [5.74, 6) is -0.299. The molecule has 5 heteroatoms. The van der Waals surface area contributed by atoms with Gasteiger partial charge in [0, 0.05) is 0 Å². The Kier molecular flexibility index (Phi) is 6.81. The average Bonchev–Trinajstić information content (AvgIpc) is 2.42. The van der Waals surface area contributed by atoms with Gasteiger partial charge in [-0.3, -0.25) is 4.79 Å². The standard InChI is InChI=1S/C19H29NO4/c1-18(2,3)16(21)23-13-15(12-14-10-8-7-9-11-14)20-17(22)24-19(4,5)6/h7-11,15H,12-13H2,1-6H3,(H,20,22)/t15-/m1/s1. The van der Waals surface area contributed by atoms with E-state index in [1.165, 1.54) is 0 Å². The molecule has 0 aliphatic rings. The van der Waals surface area contributed by atoms with Crippen LogP contribution in [0.3, 0.4) is 0 Å². The molecule has 0 spiro atoms. The van der Waals surface area contributed by atoms with E-state index in [0.29, 0.717) is 6.42 Å². The number of rotatable bonds is 5. The fourth-order valence-corrected chi connectivity index (χ4v) is 1.92. The Morgan fingerprint density at radius 2 is 1.62 bits per heavy atom. The van der Waals surface area contributed by atoms with Crippen molar-refractivity contribution in [2.45, 2.75) is 59.6 Å². The first kappa shape index (κ1) is 20.0. The van der Waals surface area contributed by atoms with E-state index < -0.39 is 17.1 Å². The lowest BCUT2D eigenvalue weighted by Gasteiger charge is -2.25. The topological polar surface area (TPSA) is 64.6 Å². The molecule has 0 saturated carbocycles. The number of alkyl carbamates (subject to hydrolysis) is 1. The van der Waals surface area contributed by atoms with Crippen LogP contribution in [0.4, 0.5) is 4.79 Å². The van der Waals surface area contributed by atoms with Crippen molar-refractivity contribution in [3.05, 3.63) is 35.9 Å². The second kappa shape index (κ2) is 8.18. The van der Waals surface area contributed by atoms with Crippen molar-refractivity contribution in [3.8, 4) is 0 Å². The maximum atomic E-state index is 12.0. The van der Waals surface area contributed by atoms with Gasteiger partial charge in [-0.15, -0.1) is 0 Å². The first-order valence-corrected chi connectivity index (χ1v) is 8.18. The van der Waals surface area contributed by atoms with Crippen molar-refractivity contribution >= 4 is 12.1 Å². The van der Waals surface area contributed by atoms with Gasteiger partial charge in [0.1, 0.15) is 12.2 Å². The van der Waals surface area contributed by atoms with Crippen LogP contribution in [0.1, 0.15) is 47.1 Å². The van der Waals surface area contributed by atoms with Crippen LogP contribution in [0.5, 0.6) is 0 Å². The minimum atomic E-state index is -0.580. The summed E-state index contributed by atoms with van der Waals surface area (Å²) in [4.78, 5) is 24.0. The smallest absolute Gasteiger partial charge is 0.408 e. The normalized spacial score (nSPS) is 13.1. The molecule has 0 unspecified atom stereocenters. The molecule has 0 aliphatic carbocycles. The van der Waals surface area contributed by atoms with Gasteiger partial charge in [0.15, 0.2) is 0 Å². The molecule has 1 atom stereocenters. The molecule has 0 fully saturated rings. The molecule has 0 heterocycles. The number of hydrogen-bond acceptors (Lipinski definition) is 4. The Hall–Kier alpha value is -2.04. The molecule has 0 aromatic heterocycles. The third kappa shape index (κ3) is 7.99. The van der Waals surface area contributed by atoms with Crippen LogP contribution >= 0.6 is 0 Å². The van der Waals surface area contributed by atoms with Crippen molar-refractivity contribution in [1.29, 1.82) is 0 Å². The molecule has 1 amide bonds. The number of carbonyl (C=O) groups is 2. The van der Waals surface area contributed by atoms with E-state index in [4.69, 9.17) is 9.47 Å². The third-order valence-electron chi connectivity index (χ3n) is 3.07. The van der Waals surface area contributed by atoms with Gasteiger partial charge in [0.05, 0.1) is 11.5 Å². The predicted molar refractivity (Wildman–Crippen MR) is 93.7 cm³/mol. The van der Waals surface area contributed by atoms with Gasteiger partial charge in [0.25, 0.3) is 0 Å². The van der Waals surface area contributed by atoms with E-state index in [2.05, 4.69) is 5.32 Å². The number of benzene rings is 1. The molecule has 1 aromatic rings. The zero-order valence-corrected chi connectivity index (χ0v) is 15.5. The SMILES string of the molecule is CC(C)(C)OC(=O)N[C@@H](COC(=O)C(C)(C)C)Cc1ccccc1. The summed E-state index contributed by atoms with van der Waals surface area (Å²) >= 11 is 0. The van der Waals surface area contributed by atoms with Crippen LogP contribution < -0.4 is 5.32 Å². The quantitative estimate of drug-likeness (QED) is 0.833. The van der Waals surface area contributed by atoms with Crippen LogP contribution in [0.15, 0.2) is 30.3 Å². The first-order chi connectivity index (χ1) is 11.0. The molecule has 24 heavy (non-hydrogen) atoms. The van der Waals surface area contributed by atoms with Crippen molar-refractivity contribution in [3.63, 3.8) is 0 Å². The molecule has 134 valence electrons. The highest BCUT2D eigenvalue weighted by atomic mass is 16.6. The van der Waals surface area contributed by atoms with E-state index in [1.807, 2.05) is 30.3 Å². The Labute approximate surface area is 144 Å². The van der Waals surface area contributed by atoms with E-state index in [0.717, 1.165) is 5.56 Å². The van der Waals surface area contributed by atoms with Gasteiger partial charge >= 0.3 is 12.1 Å². The lowest BCUT2D eigenvalue weighted by atomic mass is 9.97. The van der Waals surface area contributed by atoms with Crippen LogP contribution in [-0.4, -0.2) is 30.3 Å². The summed E-state index contributed by atoms with van der Waals surface area (Å²) in [6.45, 7) is 10.9. The van der Waals surface area contributed by atoms with E-state index in [9.17, 15) is 9.59 Å². The highest BCUT2D eigenvalue weighted by molar-refractivity contribution is 5.75. The highest BCUT2D eigenvalue weighted by Crippen LogP contribution is 2.16. The fourth-order valence-electron chi connectivity index (χ4n) is 1.92. The average molecular weight is 335 g/mol. The lowest BCUT2D eigenvalue weighted by molar-refractivity contribution is -0.153. The van der Waals surface area contributed by atoms with E-state index in [1.54, 1.807) is 41.5 Å². The number of nitrogens with one attached hydrogen (secondary N) is 1. The van der Waals surface area contributed by atoms with Gasteiger partial charge in [-0.25, -0.2) is 4.79 Å². The zero-order valence-electron chi connectivity index (χ0n) is 15.5. The maximum Gasteiger partial charge on any atom is 0.408 e. The van der Waals surface area contributed by atoms with E-state index in [-0.39, 0.29) is 18.6 Å². The molecular weight excluding hydrogens is 306 g/mol. The molecule has 1 N–H and O–H groups in total. The molecule has 1 rings (SSSR count). The summed E-state index contributed by atoms with van der Waals surface area (Å²) in [6.07, 6.45) is 0.0348. The summed E-state index contributed by atoms with van der Waals surface area (Å²) in [6, 6.07) is 9.38. The summed E-state index contributed by atoms with van der Waals surface area (Å²) in [7, 11) is 0. The largest absolute Gasteiger partial charge is 0.463 e. The molecule has 0 bridgehead atoms. The number of esters is 1. The second-order valence-corrected chi connectivity index (χ2v) is 7.88. The molecule has 1 aromatic carbocycles. The third-order valence-corrected chi connectivity index (χ3v) is 3.07. The van der Waals surface area contributed by atoms with Gasteiger partial charge < -0.3 is 14.8 Å². The monoisotopic (exact) mass is 335 g/mol. The minimum Gasteiger partial charge on any atom is -0.463 e. The Bertz CT molecular complexity index is 541. The predicted octanol–water partition coefficient (Wildman–Crippen LogP) is 3.71. The zero-order chi connectivity index (χ0) is 18.4. The molecule has 0 aliphatic heterocycles. The van der Waals surface area contributed by atoms with Gasteiger partial charge in [-0.05, 0) is 53.5 Å². The van der Waals surface area contributed by atoms with Gasteiger partial charge in [-0.1, -0.05) is 30.3 Å². The Morgan fingerprint density at radius 1 is 1.04 bits per heavy atom. The molecule has 0 saturated heterocycles. The van der Waals surface area contributed by atoms with Gasteiger partial charge in [-0.2, -0.15) is 0 Å². The van der Waals surface area contributed by atoms with Gasteiger partial charge in [0.2, 0.25) is 0 Å². The van der Waals surface area contributed by atoms with Crippen molar-refractivity contribution < 1.29 is 19.1 Å². The Balaban J connectivity index is 2.72. The summed E-state index contributed by atoms with van der Waals surface area (Å²) in [5.41, 5.74) is -0.113. The van der Waals surface area contributed by atoms with Crippen LogP contribution in [-0.2, 0) is 20.7 Å². The lowest BCUT2D eigenvalue weighted by Crippen LogP contribution is -2.43. The maximum absolute atomic E-state index is 12.0. The number of ether oxygens (including phenoxy) is 2. The fraction of sp³-hybridized carbons (Fsp3) is 0.579. The number of carbonyl (C=O) groups excluding carboxylic acids is 2. The summed E-state index contributed by atoms with van der Waals surface area (Å²) in [5, 5.41) is 2.79. The number of amides is 1. The van der Waals surface area contributed by atoms with Crippen molar-refractivity contribution in [2.75, 3.05) is 6.61 Å². The Morgan fingerprint density at radius 3 is 2.12 bits per heavy atom. The molecule has 5 nitrogen and oxygen atoms in total. The van der Waals surface area contributed by atoms with Crippen molar-refractivity contribution in [2.24, 2.45) is 5.41 Å². The summed E-state index contributed by atoms with van der Waals surface area (Å²) < 4.78 is 10.7. The second-order valence-electron chi connectivity index (χ2n) is 7.88. The highest BCUT2D eigenvalue weighted by Gasteiger charge is 2.25. The van der Waals surface area contributed by atoms with Crippen LogP contribution in [0.2, 0.25) is 0 Å². The van der Waals surface area contributed by atoms with Crippen LogP contribution in [0, 0.1) is 5.41 Å². The molecule has 0 radical (unpaired) electrons. The first-order valence-electron chi connectivity index (χ1n) is 8.18. The molecular formula is C19H29NO4. The van der Waals surface area contributed by atoms with E-state index >= 15 is 0 Å². The van der Waals surface area contributed by atoms with Crippen molar-refractivity contribution in [1.82, 2.24) is 5.32 Å².